The van der Waals surface area contributed by atoms with E-state index in [0.717, 1.165) is 28.3 Å². The largest absolute Gasteiger partial charge is 0.383 e. The molecule has 0 saturated heterocycles. The zero-order valence-corrected chi connectivity index (χ0v) is 10.6. The minimum Gasteiger partial charge on any atom is -0.383 e. The van der Waals surface area contributed by atoms with Crippen LogP contribution in [0, 0.1) is 11.6 Å². The van der Waals surface area contributed by atoms with Gasteiger partial charge in [-0.3, -0.25) is 0 Å². The lowest BCUT2D eigenvalue weighted by molar-refractivity contribution is 0.216. The van der Waals surface area contributed by atoms with E-state index in [4.69, 9.17) is 0 Å². The van der Waals surface area contributed by atoms with Gasteiger partial charge in [0.15, 0.2) is 0 Å². The molecule has 0 aliphatic rings. The molecule has 0 spiro atoms. The van der Waals surface area contributed by atoms with Gasteiger partial charge in [0, 0.05) is 15.8 Å². The summed E-state index contributed by atoms with van der Waals surface area (Å²) in [6, 6.07) is 10.5. The van der Waals surface area contributed by atoms with Gasteiger partial charge in [0.2, 0.25) is 0 Å². The van der Waals surface area contributed by atoms with Gasteiger partial charge in [0.25, 0.3) is 0 Å². The highest BCUT2D eigenvalue weighted by Crippen LogP contribution is 2.33. The average Bonchev–Trinajstić information content (AvgIpc) is 2.89. The predicted molar refractivity (Wildman–Crippen MR) is 72.2 cm³/mol. The minimum absolute atomic E-state index is 0.0408. The van der Waals surface area contributed by atoms with E-state index >= 15 is 0 Å². The average molecular weight is 276 g/mol. The molecule has 1 atom stereocenters. The Morgan fingerprint density at radius 1 is 1.00 bits per heavy atom. The van der Waals surface area contributed by atoms with Gasteiger partial charge in [-0.25, -0.2) is 8.78 Å². The SMILES string of the molecule is OC(c1cc(F)ccc1F)c1cccc2ccsc12. The Labute approximate surface area is 112 Å². The van der Waals surface area contributed by atoms with Crippen molar-refractivity contribution in [3.63, 3.8) is 0 Å². The molecule has 19 heavy (non-hydrogen) atoms. The molecule has 3 aromatic rings. The van der Waals surface area contributed by atoms with E-state index < -0.39 is 17.7 Å². The van der Waals surface area contributed by atoms with Crippen LogP contribution in [0.1, 0.15) is 17.2 Å². The quantitative estimate of drug-likeness (QED) is 0.741. The maximum Gasteiger partial charge on any atom is 0.129 e. The van der Waals surface area contributed by atoms with Crippen LogP contribution in [0.4, 0.5) is 8.78 Å². The number of hydrogen-bond donors (Lipinski definition) is 1. The Kier molecular flexibility index (Phi) is 3.05. The van der Waals surface area contributed by atoms with E-state index in [2.05, 4.69) is 0 Å². The second-order valence-corrected chi connectivity index (χ2v) is 5.17. The molecular weight excluding hydrogens is 266 g/mol. The Bertz CT molecular complexity index is 736. The maximum absolute atomic E-state index is 13.7. The molecule has 4 heteroatoms. The standard InChI is InChI=1S/C15H10F2OS/c16-10-4-5-13(17)12(8-10)14(18)11-3-1-2-9-6-7-19-15(9)11/h1-8,14,18H. The van der Waals surface area contributed by atoms with E-state index in [9.17, 15) is 13.9 Å². The third-order valence-corrected chi connectivity index (χ3v) is 4.04. The van der Waals surface area contributed by atoms with Gasteiger partial charge in [0.05, 0.1) is 0 Å². The van der Waals surface area contributed by atoms with Crippen molar-refractivity contribution >= 4 is 21.4 Å². The van der Waals surface area contributed by atoms with Crippen LogP contribution >= 0.6 is 11.3 Å². The molecule has 1 heterocycles. The molecule has 1 nitrogen and oxygen atoms in total. The van der Waals surface area contributed by atoms with Gasteiger partial charge in [-0.2, -0.15) is 0 Å². The van der Waals surface area contributed by atoms with Crippen molar-refractivity contribution in [1.29, 1.82) is 0 Å². The summed E-state index contributed by atoms with van der Waals surface area (Å²) in [5.74, 6) is -1.17. The fourth-order valence-electron chi connectivity index (χ4n) is 2.12. The van der Waals surface area contributed by atoms with E-state index in [-0.39, 0.29) is 5.56 Å². The van der Waals surface area contributed by atoms with Crippen LogP contribution < -0.4 is 0 Å². The zero-order valence-electron chi connectivity index (χ0n) is 9.81. The molecule has 0 aliphatic carbocycles. The Balaban J connectivity index is 2.15. The lowest BCUT2D eigenvalue weighted by Gasteiger charge is -2.13. The van der Waals surface area contributed by atoms with Gasteiger partial charge < -0.3 is 5.11 Å². The smallest absolute Gasteiger partial charge is 0.129 e. The number of thiophene rings is 1. The Hall–Kier alpha value is -1.78. The molecule has 1 N–H and O–H groups in total. The van der Waals surface area contributed by atoms with Crippen LogP contribution in [0.3, 0.4) is 0 Å². The monoisotopic (exact) mass is 276 g/mol. The highest BCUT2D eigenvalue weighted by Gasteiger charge is 2.18. The van der Waals surface area contributed by atoms with Gasteiger partial charge in [-0.05, 0) is 35.0 Å². The highest BCUT2D eigenvalue weighted by atomic mass is 32.1. The first-order valence-corrected chi connectivity index (χ1v) is 6.64. The molecule has 0 fully saturated rings. The van der Waals surface area contributed by atoms with Crippen LogP contribution in [0.2, 0.25) is 0 Å². The second kappa shape index (κ2) is 4.72. The van der Waals surface area contributed by atoms with Crippen LogP contribution in [0.25, 0.3) is 10.1 Å². The number of aliphatic hydroxyl groups is 1. The minimum atomic E-state index is -1.17. The Morgan fingerprint density at radius 2 is 1.84 bits per heavy atom. The van der Waals surface area contributed by atoms with Gasteiger partial charge in [-0.1, -0.05) is 18.2 Å². The van der Waals surface area contributed by atoms with E-state index in [1.165, 1.54) is 11.3 Å². The summed E-state index contributed by atoms with van der Waals surface area (Å²) >= 11 is 1.47. The number of fused-ring (bicyclic) bond motifs is 1. The second-order valence-electron chi connectivity index (χ2n) is 4.25. The maximum atomic E-state index is 13.7. The van der Waals surface area contributed by atoms with Crippen LogP contribution in [0.15, 0.2) is 47.8 Å². The number of hydrogen-bond acceptors (Lipinski definition) is 2. The van der Waals surface area contributed by atoms with Crippen molar-refractivity contribution in [2.24, 2.45) is 0 Å². The van der Waals surface area contributed by atoms with Crippen LogP contribution in [-0.4, -0.2) is 5.11 Å². The topological polar surface area (TPSA) is 20.2 Å². The normalized spacial score (nSPS) is 12.8. The fraction of sp³-hybridized carbons (Fsp3) is 0.0667. The van der Waals surface area contributed by atoms with E-state index in [0.29, 0.717) is 5.56 Å². The first kappa shape index (κ1) is 12.3. The molecule has 0 aliphatic heterocycles. The molecule has 1 aromatic heterocycles. The number of halogens is 2. The lowest BCUT2D eigenvalue weighted by Crippen LogP contribution is -2.03. The summed E-state index contributed by atoms with van der Waals surface area (Å²) in [5.41, 5.74) is 0.554. The van der Waals surface area contributed by atoms with E-state index in [1.54, 1.807) is 12.1 Å². The Morgan fingerprint density at radius 3 is 2.68 bits per heavy atom. The van der Waals surface area contributed by atoms with Gasteiger partial charge in [0.1, 0.15) is 17.7 Å². The summed E-state index contributed by atoms with van der Waals surface area (Å²) in [5, 5.41) is 13.2. The van der Waals surface area contributed by atoms with Crippen molar-refractivity contribution in [3.8, 4) is 0 Å². The van der Waals surface area contributed by atoms with Crippen molar-refractivity contribution in [2.45, 2.75) is 6.10 Å². The first-order valence-electron chi connectivity index (χ1n) is 5.76. The third kappa shape index (κ3) is 2.13. The van der Waals surface area contributed by atoms with Crippen LogP contribution in [-0.2, 0) is 0 Å². The molecule has 0 saturated carbocycles. The number of benzene rings is 2. The molecule has 96 valence electrons. The van der Waals surface area contributed by atoms with Gasteiger partial charge >= 0.3 is 0 Å². The molecule has 2 aromatic carbocycles. The number of rotatable bonds is 2. The predicted octanol–water partition coefficient (Wildman–Crippen LogP) is 4.26. The first-order chi connectivity index (χ1) is 9.16. The highest BCUT2D eigenvalue weighted by molar-refractivity contribution is 7.17. The molecule has 0 bridgehead atoms. The van der Waals surface area contributed by atoms with E-state index in [1.807, 2.05) is 17.5 Å². The van der Waals surface area contributed by atoms with Crippen molar-refractivity contribution in [2.75, 3.05) is 0 Å². The summed E-state index contributed by atoms with van der Waals surface area (Å²) in [7, 11) is 0. The zero-order chi connectivity index (χ0) is 13.4. The third-order valence-electron chi connectivity index (χ3n) is 3.06. The molecular formula is C15H10F2OS. The van der Waals surface area contributed by atoms with Gasteiger partial charge in [-0.15, -0.1) is 11.3 Å². The summed E-state index contributed by atoms with van der Waals surface area (Å²) in [4.78, 5) is 0. The molecule has 0 radical (unpaired) electrons. The fourth-order valence-corrected chi connectivity index (χ4v) is 3.06. The van der Waals surface area contributed by atoms with Crippen molar-refractivity contribution in [3.05, 3.63) is 70.6 Å². The molecule has 1 unspecified atom stereocenters. The summed E-state index contributed by atoms with van der Waals surface area (Å²) < 4.78 is 27.8. The molecule has 3 rings (SSSR count). The van der Waals surface area contributed by atoms with Crippen molar-refractivity contribution < 1.29 is 13.9 Å². The van der Waals surface area contributed by atoms with Crippen molar-refractivity contribution in [1.82, 2.24) is 0 Å². The molecule has 0 amide bonds. The lowest BCUT2D eigenvalue weighted by atomic mass is 10.00. The summed E-state index contributed by atoms with van der Waals surface area (Å²) in [6.45, 7) is 0. The summed E-state index contributed by atoms with van der Waals surface area (Å²) in [6.07, 6.45) is -1.17. The van der Waals surface area contributed by atoms with Crippen LogP contribution in [0.5, 0.6) is 0 Å². The number of aliphatic hydroxyl groups excluding tert-OH is 1.